The molecule has 0 heterocycles. The summed E-state index contributed by atoms with van der Waals surface area (Å²) < 4.78 is 0. The zero-order valence-electron chi connectivity index (χ0n) is 15.8. The van der Waals surface area contributed by atoms with Crippen LogP contribution in [0.4, 0.5) is 0 Å². The van der Waals surface area contributed by atoms with E-state index in [9.17, 15) is 4.79 Å². The molecule has 0 aliphatic heterocycles. The molecule has 0 atom stereocenters. The molecule has 0 bridgehead atoms. The van der Waals surface area contributed by atoms with Crippen molar-refractivity contribution in [2.75, 3.05) is 0 Å². The number of carbonyl (C=O) groups excluding carboxylic acids is 1. The van der Waals surface area contributed by atoms with Crippen LogP contribution in [0.3, 0.4) is 0 Å². The molecule has 0 amide bonds. The Morgan fingerprint density at radius 3 is 1.23 bits per heavy atom. The minimum atomic E-state index is -0.101. The fourth-order valence-electron chi connectivity index (χ4n) is 3.01. The van der Waals surface area contributed by atoms with Crippen molar-refractivity contribution in [1.29, 1.82) is 0 Å². The molecule has 0 aliphatic carbocycles. The third-order valence-corrected chi connectivity index (χ3v) is 4.74. The fourth-order valence-corrected chi connectivity index (χ4v) is 3.01. The highest BCUT2D eigenvalue weighted by molar-refractivity contribution is 5.57. The first-order valence-electron chi connectivity index (χ1n) is 10.1. The molecule has 0 rings (SSSR count). The molecule has 132 valence electrons. The second kappa shape index (κ2) is 15.6. The van der Waals surface area contributed by atoms with E-state index in [1.807, 2.05) is 13.8 Å². The standard InChI is InChI=1S/C21H42O/c1-4-5-6-7-8-9-10-11-12-13-14-15-16-17-18-19-21(2,3)20-22/h20H,4-19H2,1-3H3. The van der Waals surface area contributed by atoms with Gasteiger partial charge in [-0.2, -0.15) is 0 Å². The molecule has 0 fully saturated rings. The summed E-state index contributed by atoms with van der Waals surface area (Å²) in [6.45, 7) is 6.37. The van der Waals surface area contributed by atoms with Gasteiger partial charge in [-0.1, -0.05) is 117 Å². The van der Waals surface area contributed by atoms with E-state index in [2.05, 4.69) is 6.92 Å². The topological polar surface area (TPSA) is 17.1 Å². The molecule has 1 nitrogen and oxygen atoms in total. The first-order valence-corrected chi connectivity index (χ1v) is 10.1. The summed E-state index contributed by atoms with van der Waals surface area (Å²) in [5, 5.41) is 0. The van der Waals surface area contributed by atoms with Crippen LogP contribution in [-0.4, -0.2) is 6.29 Å². The van der Waals surface area contributed by atoms with E-state index in [1.165, 1.54) is 96.3 Å². The molecule has 1 heteroatoms. The predicted octanol–water partition coefficient (Wildman–Crippen LogP) is 7.47. The zero-order chi connectivity index (χ0) is 16.5. The van der Waals surface area contributed by atoms with E-state index in [1.54, 1.807) is 0 Å². The van der Waals surface area contributed by atoms with Gasteiger partial charge in [0.25, 0.3) is 0 Å². The van der Waals surface area contributed by atoms with Crippen LogP contribution in [0.25, 0.3) is 0 Å². The lowest BCUT2D eigenvalue weighted by Gasteiger charge is -2.15. The second-order valence-electron chi connectivity index (χ2n) is 7.81. The Morgan fingerprint density at radius 2 is 0.909 bits per heavy atom. The average Bonchev–Trinajstić information content (AvgIpc) is 2.51. The van der Waals surface area contributed by atoms with Gasteiger partial charge in [-0.15, -0.1) is 0 Å². The summed E-state index contributed by atoms with van der Waals surface area (Å²) in [5.41, 5.74) is -0.101. The van der Waals surface area contributed by atoms with E-state index in [4.69, 9.17) is 0 Å². The normalized spacial score (nSPS) is 11.8. The lowest BCUT2D eigenvalue weighted by Crippen LogP contribution is -2.12. The summed E-state index contributed by atoms with van der Waals surface area (Å²) in [6, 6.07) is 0. The van der Waals surface area contributed by atoms with Gasteiger partial charge in [0.2, 0.25) is 0 Å². The van der Waals surface area contributed by atoms with E-state index in [0.29, 0.717) is 0 Å². The van der Waals surface area contributed by atoms with Crippen LogP contribution < -0.4 is 0 Å². The molecule has 0 radical (unpaired) electrons. The molecule has 0 aromatic heterocycles. The van der Waals surface area contributed by atoms with Crippen LogP contribution in [0.15, 0.2) is 0 Å². The predicted molar refractivity (Wildman–Crippen MR) is 99.4 cm³/mol. The number of unbranched alkanes of at least 4 members (excludes halogenated alkanes) is 14. The van der Waals surface area contributed by atoms with Crippen LogP contribution in [0.1, 0.15) is 124 Å². The highest BCUT2D eigenvalue weighted by atomic mass is 16.1. The summed E-state index contributed by atoms with van der Waals surface area (Å²) >= 11 is 0. The van der Waals surface area contributed by atoms with Gasteiger partial charge in [0.05, 0.1) is 0 Å². The van der Waals surface area contributed by atoms with Gasteiger partial charge < -0.3 is 4.79 Å². The maximum Gasteiger partial charge on any atom is 0.125 e. The Kier molecular flexibility index (Phi) is 15.3. The molecule has 0 N–H and O–H groups in total. The molecular formula is C21H42O. The van der Waals surface area contributed by atoms with Gasteiger partial charge >= 0.3 is 0 Å². The summed E-state index contributed by atoms with van der Waals surface area (Å²) in [6.07, 6.45) is 23.2. The quantitative estimate of drug-likeness (QED) is 0.201. The van der Waals surface area contributed by atoms with Crippen molar-refractivity contribution in [3.8, 4) is 0 Å². The minimum Gasteiger partial charge on any atom is -0.303 e. The Morgan fingerprint density at radius 1 is 0.591 bits per heavy atom. The summed E-state index contributed by atoms with van der Waals surface area (Å²) in [5.74, 6) is 0. The Hall–Kier alpha value is -0.330. The van der Waals surface area contributed by atoms with Crippen molar-refractivity contribution in [3.05, 3.63) is 0 Å². The molecule has 0 aromatic carbocycles. The van der Waals surface area contributed by atoms with Crippen LogP contribution in [0, 0.1) is 5.41 Å². The van der Waals surface area contributed by atoms with Gasteiger partial charge in [0.15, 0.2) is 0 Å². The summed E-state index contributed by atoms with van der Waals surface area (Å²) in [7, 11) is 0. The maximum absolute atomic E-state index is 10.8. The summed E-state index contributed by atoms with van der Waals surface area (Å²) in [4.78, 5) is 10.8. The number of aldehydes is 1. The molecule has 0 spiro atoms. The van der Waals surface area contributed by atoms with Gasteiger partial charge in [0, 0.05) is 5.41 Å². The average molecular weight is 311 g/mol. The van der Waals surface area contributed by atoms with Gasteiger partial charge in [-0.25, -0.2) is 0 Å². The largest absolute Gasteiger partial charge is 0.303 e. The SMILES string of the molecule is CCCCCCCCCCCCCCCCCC(C)(C)C=O. The van der Waals surface area contributed by atoms with Crippen molar-refractivity contribution >= 4 is 6.29 Å². The number of hydrogen-bond acceptors (Lipinski definition) is 1. The van der Waals surface area contributed by atoms with Gasteiger partial charge in [0.1, 0.15) is 6.29 Å². The molecule has 0 saturated heterocycles. The lowest BCUT2D eigenvalue weighted by molar-refractivity contribution is -0.115. The third-order valence-electron chi connectivity index (χ3n) is 4.74. The molecule has 0 aliphatic rings. The molecule has 0 aromatic rings. The minimum absolute atomic E-state index is 0.101. The number of hydrogen-bond donors (Lipinski definition) is 0. The van der Waals surface area contributed by atoms with E-state index < -0.39 is 0 Å². The van der Waals surface area contributed by atoms with Gasteiger partial charge in [-0.3, -0.25) is 0 Å². The Bertz CT molecular complexity index is 232. The molecule has 22 heavy (non-hydrogen) atoms. The van der Waals surface area contributed by atoms with Crippen LogP contribution in [0.5, 0.6) is 0 Å². The first kappa shape index (κ1) is 21.7. The molecule has 0 saturated carbocycles. The number of rotatable bonds is 17. The van der Waals surface area contributed by atoms with Crippen LogP contribution >= 0.6 is 0 Å². The lowest BCUT2D eigenvalue weighted by atomic mass is 9.88. The van der Waals surface area contributed by atoms with Crippen molar-refractivity contribution < 1.29 is 4.79 Å². The van der Waals surface area contributed by atoms with Crippen molar-refractivity contribution in [3.63, 3.8) is 0 Å². The first-order chi connectivity index (χ1) is 10.6. The molecular weight excluding hydrogens is 268 g/mol. The third kappa shape index (κ3) is 16.0. The van der Waals surface area contributed by atoms with E-state index in [0.717, 1.165) is 12.7 Å². The smallest absolute Gasteiger partial charge is 0.125 e. The highest BCUT2D eigenvalue weighted by Gasteiger charge is 2.14. The van der Waals surface area contributed by atoms with Gasteiger partial charge in [-0.05, 0) is 6.42 Å². The highest BCUT2D eigenvalue weighted by Crippen LogP contribution is 2.21. The maximum atomic E-state index is 10.8. The number of carbonyl (C=O) groups is 1. The molecule has 0 unspecified atom stereocenters. The fraction of sp³-hybridized carbons (Fsp3) is 0.952. The second-order valence-corrected chi connectivity index (χ2v) is 7.81. The van der Waals surface area contributed by atoms with Crippen LogP contribution in [0.2, 0.25) is 0 Å². The van der Waals surface area contributed by atoms with Crippen LogP contribution in [-0.2, 0) is 4.79 Å². The van der Waals surface area contributed by atoms with Crippen molar-refractivity contribution in [1.82, 2.24) is 0 Å². The van der Waals surface area contributed by atoms with E-state index in [-0.39, 0.29) is 5.41 Å². The Balaban J connectivity index is 3.07. The van der Waals surface area contributed by atoms with E-state index >= 15 is 0 Å². The Labute approximate surface area is 140 Å². The zero-order valence-corrected chi connectivity index (χ0v) is 15.8. The monoisotopic (exact) mass is 310 g/mol. The van der Waals surface area contributed by atoms with Crippen molar-refractivity contribution in [2.45, 2.75) is 124 Å². The van der Waals surface area contributed by atoms with Crippen molar-refractivity contribution in [2.24, 2.45) is 5.41 Å².